The zero-order valence-electron chi connectivity index (χ0n) is 12.6. The highest BCUT2D eigenvalue weighted by atomic mass is 32.2. The van der Waals surface area contributed by atoms with Crippen molar-refractivity contribution in [1.82, 2.24) is 19.7 Å². The molecule has 0 atom stereocenters. The molecule has 0 saturated carbocycles. The van der Waals surface area contributed by atoms with Gasteiger partial charge in [-0.15, -0.1) is 5.10 Å². The Kier molecular flexibility index (Phi) is 6.35. The molecule has 1 aliphatic rings. The number of amides is 1. The molecule has 1 aliphatic heterocycles. The van der Waals surface area contributed by atoms with Crippen LogP contribution >= 0.6 is 11.8 Å². The minimum absolute atomic E-state index is 0.152. The van der Waals surface area contributed by atoms with E-state index in [9.17, 15) is 9.59 Å². The van der Waals surface area contributed by atoms with E-state index in [0.29, 0.717) is 17.5 Å². The Morgan fingerprint density at radius 3 is 2.67 bits per heavy atom. The van der Waals surface area contributed by atoms with E-state index in [1.807, 2.05) is 4.90 Å². The van der Waals surface area contributed by atoms with Gasteiger partial charge in [0.1, 0.15) is 0 Å². The molecule has 0 radical (unpaired) electrons. The van der Waals surface area contributed by atoms with Gasteiger partial charge in [-0.05, 0) is 19.3 Å². The molecule has 1 aromatic rings. The number of carbonyl (C=O) groups excluding carboxylic acids is 1. The van der Waals surface area contributed by atoms with Crippen LogP contribution in [-0.4, -0.2) is 44.4 Å². The summed E-state index contributed by atoms with van der Waals surface area (Å²) in [5.74, 6) is 0.510. The minimum Gasteiger partial charge on any atom is -0.342 e. The van der Waals surface area contributed by atoms with Gasteiger partial charge < -0.3 is 4.90 Å². The van der Waals surface area contributed by atoms with Crippen LogP contribution in [0.3, 0.4) is 0 Å². The summed E-state index contributed by atoms with van der Waals surface area (Å²) in [6.45, 7) is 4.47. The van der Waals surface area contributed by atoms with Gasteiger partial charge in [-0.25, -0.2) is 9.89 Å². The van der Waals surface area contributed by atoms with Crippen molar-refractivity contribution in [1.29, 1.82) is 0 Å². The van der Waals surface area contributed by atoms with Gasteiger partial charge >= 0.3 is 5.69 Å². The molecule has 6 nitrogen and oxygen atoms in total. The Morgan fingerprint density at radius 2 is 2.00 bits per heavy atom. The lowest BCUT2D eigenvalue weighted by Gasteiger charge is -2.19. The highest BCUT2D eigenvalue weighted by molar-refractivity contribution is 7.99. The highest BCUT2D eigenvalue weighted by Crippen LogP contribution is 2.16. The summed E-state index contributed by atoms with van der Waals surface area (Å²) in [6, 6.07) is 0. The largest absolute Gasteiger partial charge is 0.343 e. The summed E-state index contributed by atoms with van der Waals surface area (Å²) < 4.78 is 1.63. The highest BCUT2D eigenvalue weighted by Gasteiger charge is 2.17. The summed E-state index contributed by atoms with van der Waals surface area (Å²) in [6.07, 6.45) is 6.58. The maximum absolute atomic E-state index is 12.2. The molecule has 1 saturated heterocycles. The molecule has 0 spiro atoms. The molecule has 1 aromatic heterocycles. The normalized spacial score (nSPS) is 16.0. The van der Waals surface area contributed by atoms with E-state index in [-0.39, 0.29) is 11.6 Å². The molecule has 1 fully saturated rings. The van der Waals surface area contributed by atoms with Crippen LogP contribution < -0.4 is 5.69 Å². The second-order valence-electron chi connectivity index (χ2n) is 5.40. The first-order chi connectivity index (χ1) is 10.2. The van der Waals surface area contributed by atoms with Gasteiger partial charge in [0.25, 0.3) is 0 Å². The fourth-order valence-corrected chi connectivity index (χ4v) is 3.34. The molecule has 0 unspecified atom stereocenters. The van der Waals surface area contributed by atoms with Gasteiger partial charge in [0.2, 0.25) is 5.91 Å². The third-order valence-electron chi connectivity index (χ3n) is 3.74. The van der Waals surface area contributed by atoms with Crippen LogP contribution in [0.4, 0.5) is 0 Å². The lowest BCUT2D eigenvalue weighted by molar-refractivity contribution is -0.128. The average molecular weight is 312 g/mol. The van der Waals surface area contributed by atoms with Gasteiger partial charge in [-0.3, -0.25) is 9.36 Å². The first kappa shape index (κ1) is 16.1. The fraction of sp³-hybridized carbons (Fsp3) is 0.786. The zero-order chi connectivity index (χ0) is 15.1. The third kappa shape index (κ3) is 4.62. The summed E-state index contributed by atoms with van der Waals surface area (Å²) >= 11 is 1.36. The number of hydrogen-bond acceptors (Lipinski definition) is 4. The lowest BCUT2D eigenvalue weighted by Crippen LogP contribution is -2.33. The van der Waals surface area contributed by atoms with Crippen LogP contribution in [0.1, 0.15) is 45.4 Å². The molecule has 2 rings (SSSR count). The van der Waals surface area contributed by atoms with E-state index in [2.05, 4.69) is 17.1 Å². The number of aromatic nitrogens is 3. The smallest absolute Gasteiger partial charge is 0.342 e. The quantitative estimate of drug-likeness (QED) is 0.814. The molecule has 1 amide bonds. The van der Waals surface area contributed by atoms with E-state index < -0.39 is 0 Å². The maximum atomic E-state index is 12.2. The summed E-state index contributed by atoms with van der Waals surface area (Å²) in [5, 5.41) is 7.11. The molecule has 118 valence electrons. The van der Waals surface area contributed by atoms with Gasteiger partial charge in [0.05, 0.1) is 5.75 Å². The number of nitrogens with zero attached hydrogens (tertiary/aromatic N) is 3. The van der Waals surface area contributed by atoms with Crippen LogP contribution in [-0.2, 0) is 11.3 Å². The predicted octanol–water partition coefficient (Wildman–Crippen LogP) is 1.87. The molecule has 21 heavy (non-hydrogen) atoms. The third-order valence-corrected chi connectivity index (χ3v) is 4.70. The Labute approximate surface area is 129 Å². The first-order valence-electron chi connectivity index (χ1n) is 7.78. The standard InChI is InChI=1S/C14H24N4O2S/c1-2-3-10-18-13(20)15-16-14(18)21-11-12(19)17-8-6-4-5-7-9-17/h2-11H2,1H3,(H,15,20). The van der Waals surface area contributed by atoms with E-state index in [1.54, 1.807) is 4.57 Å². The number of H-pyrrole nitrogens is 1. The molecular formula is C14H24N4O2S. The topological polar surface area (TPSA) is 71.0 Å². The maximum Gasteiger partial charge on any atom is 0.343 e. The van der Waals surface area contributed by atoms with Gasteiger partial charge in [-0.1, -0.05) is 37.9 Å². The first-order valence-corrected chi connectivity index (χ1v) is 8.76. The molecule has 1 N–H and O–H groups in total. The second kappa shape index (κ2) is 8.26. The van der Waals surface area contributed by atoms with Crippen molar-refractivity contribution in [2.24, 2.45) is 0 Å². The van der Waals surface area contributed by atoms with Crippen molar-refractivity contribution in [2.45, 2.75) is 57.1 Å². The van der Waals surface area contributed by atoms with Crippen LogP contribution in [0.15, 0.2) is 9.95 Å². The second-order valence-corrected chi connectivity index (χ2v) is 6.34. The van der Waals surface area contributed by atoms with Crippen molar-refractivity contribution in [3.63, 3.8) is 0 Å². The summed E-state index contributed by atoms with van der Waals surface area (Å²) in [7, 11) is 0. The molecule has 0 bridgehead atoms. The van der Waals surface area contributed by atoms with Gasteiger partial charge in [0, 0.05) is 19.6 Å². The SMILES string of the molecule is CCCCn1c(SCC(=O)N2CCCCCC2)n[nH]c1=O. The molecule has 0 aromatic carbocycles. The van der Waals surface area contributed by atoms with Crippen molar-refractivity contribution in [2.75, 3.05) is 18.8 Å². The van der Waals surface area contributed by atoms with Crippen molar-refractivity contribution < 1.29 is 4.79 Å². The summed E-state index contributed by atoms with van der Waals surface area (Å²) in [5.41, 5.74) is -0.187. The van der Waals surface area contributed by atoms with Crippen molar-refractivity contribution >= 4 is 17.7 Å². The van der Waals surface area contributed by atoms with Gasteiger partial charge in [0.15, 0.2) is 5.16 Å². The Bertz CT molecular complexity index is 503. The van der Waals surface area contributed by atoms with Crippen LogP contribution in [0.5, 0.6) is 0 Å². The van der Waals surface area contributed by atoms with E-state index in [0.717, 1.165) is 38.8 Å². The Hall–Kier alpha value is -1.24. The predicted molar refractivity (Wildman–Crippen MR) is 83.5 cm³/mol. The number of likely N-dealkylation sites (tertiary alicyclic amines) is 1. The Balaban J connectivity index is 1.90. The number of aromatic amines is 1. The number of carbonyl (C=O) groups is 1. The number of hydrogen-bond donors (Lipinski definition) is 1. The monoisotopic (exact) mass is 312 g/mol. The Morgan fingerprint density at radius 1 is 1.29 bits per heavy atom. The number of nitrogens with one attached hydrogen (secondary N) is 1. The van der Waals surface area contributed by atoms with Crippen LogP contribution in [0.2, 0.25) is 0 Å². The van der Waals surface area contributed by atoms with Gasteiger partial charge in [-0.2, -0.15) is 0 Å². The fourth-order valence-electron chi connectivity index (χ4n) is 2.46. The number of thioether (sulfide) groups is 1. The van der Waals surface area contributed by atoms with Crippen molar-refractivity contribution in [3.8, 4) is 0 Å². The average Bonchev–Trinajstić information content (AvgIpc) is 2.70. The lowest BCUT2D eigenvalue weighted by atomic mass is 10.2. The van der Waals surface area contributed by atoms with Crippen molar-refractivity contribution in [3.05, 3.63) is 10.5 Å². The minimum atomic E-state index is -0.187. The van der Waals surface area contributed by atoms with E-state index >= 15 is 0 Å². The molecule has 7 heteroatoms. The summed E-state index contributed by atoms with van der Waals surface area (Å²) in [4.78, 5) is 25.9. The zero-order valence-corrected chi connectivity index (χ0v) is 13.5. The van der Waals surface area contributed by atoms with Crippen LogP contribution in [0.25, 0.3) is 0 Å². The molecule has 0 aliphatic carbocycles. The molecular weight excluding hydrogens is 288 g/mol. The van der Waals surface area contributed by atoms with E-state index in [1.165, 1.54) is 24.6 Å². The number of rotatable bonds is 6. The number of unbranched alkanes of at least 4 members (excludes halogenated alkanes) is 1. The van der Waals surface area contributed by atoms with E-state index in [4.69, 9.17) is 0 Å². The molecule has 2 heterocycles. The van der Waals surface area contributed by atoms with Crippen LogP contribution in [0, 0.1) is 0 Å².